The van der Waals surface area contributed by atoms with Gasteiger partial charge in [0, 0.05) is 18.5 Å². The molecular weight excluding hydrogens is 306 g/mol. The minimum absolute atomic E-state index is 0. The van der Waals surface area contributed by atoms with Crippen LogP contribution in [0.15, 0.2) is 24.3 Å². The monoisotopic (exact) mass is 336 g/mol. The molecule has 0 bridgehead atoms. The van der Waals surface area contributed by atoms with Crippen LogP contribution in [0.4, 0.5) is 0 Å². The number of rotatable bonds is 7. The molecule has 0 spiro atoms. The third-order valence-electron chi connectivity index (χ3n) is 5.03. The average Bonchev–Trinajstić information content (AvgIpc) is 2.54. The van der Waals surface area contributed by atoms with Crippen LogP contribution in [0.1, 0.15) is 73.7 Å². The molecule has 1 fully saturated rings. The van der Waals surface area contributed by atoms with Gasteiger partial charge >= 0.3 is 0 Å². The summed E-state index contributed by atoms with van der Waals surface area (Å²) in [4.78, 5) is 14.2. The molecule has 2 rings (SSSR count). The van der Waals surface area contributed by atoms with Gasteiger partial charge in [-0.2, -0.15) is 0 Å². The number of halogens is 1. The van der Waals surface area contributed by atoms with Crippen molar-refractivity contribution in [1.29, 1.82) is 0 Å². The standard InChI is InChI=1S/C20H31NO.ClH/c1-4-5-16-6-8-17(9-7-16)18-10-12-19(13-11-18)20(22)14-15-21(2)3;/h10-13,16-17H,4-9,14-15H2,1-3H3;1H/p-1. The average molecular weight is 337 g/mol. The molecule has 1 aromatic rings. The molecule has 1 saturated carbocycles. The van der Waals surface area contributed by atoms with E-state index in [1.165, 1.54) is 44.1 Å². The SMILES string of the molecule is CCCC1CCC(c2ccc(C(=O)CCN(C)C)cc2)CC1.[Cl-]. The van der Waals surface area contributed by atoms with E-state index in [1.54, 1.807) is 0 Å². The van der Waals surface area contributed by atoms with E-state index in [1.807, 2.05) is 26.2 Å². The van der Waals surface area contributed by atoms with Gasteiger partial charge in [0.25, 0.3) is 0 Å². The molecule has 0 aromatic heterocycles. The zero-order valence-corrected chi connectivity index (χ0v) is 15.6. The van der Waals surface area contributed by atoms with Crippen molar-refractivity contribution >= 4 is 5.78 Å². The van der Waals surface area contributed by atoms with Gasteiger partial charge < -0.3 is 17.3 Å². The summed E-state index contributed by atoms with van der Waals surface area (Å²) in [7, 11) is 4.01. The number of carbonyl (C=O) groups excluding carboxylic acids is 1. The van der Waals surface area contributed by atoms with Crippen molar-refractivity contribution in [1.82, 2.24) is 4.90 Å². The van der Waals surface area contributed by atoms with E-state index in [0.29, 0.717) is 12.3 Å². The fourth-order valence-electron chi connectivity index (χ4n) is 3.60. The summed E-state index contributed by atoms with van der Waals surface area (Å²) in [5.74, 6) is 1.92. The maximum Gasteiger partial charge on any atom is 0.164 e. The van der Waals surface area contributed by atoms with Gasteiger partial charge in [-0.25, -0.2) is 0 Å². The second kappa shape index (κ2) is 10.1. The predicted octanol–water partition coefficient (Wildman–Crippen LogP) is 1.90. The fourth-order valence-corrected chi connectivity index (χ4v) is 3.60. The van der Waals surface area contributed by atoms with E-state index in [9.17, 15) is 4.79 Å². The smallest absolute Gasteiger partial charge is 0.164 e. The third kappa shape index (κ3) is 6.27. The topological polar surface area (TPSA) is 20.3 Å². The van der Waals surface area contributed by atoms with Crippen LogP contribution < -0.4 is 12.4 Å². The van der Waals surface area contributed by atoms with E-state index < -0.39 is 0 Å². The van der Waals surface area contributed by atoms with Gasteiger partial charge in [-0.05, 0) is 57.2 Å². The number of Topliss-reactive ketones (excluding diaryl/α,β-unsaturated/α-hetero) is 1. The summed E-state index contributed by atoms with van der Waals surface area (Å²) in [6, 6.07) is 8.44. The van der Waals surface area contributed by atoms with Gasteiger partial charge in [-0.1, -0.05) is 44.0 Å². The lowest BCUT2D eigenvalue weighted by molar-refractivity contribution is -0.0000127. The third-order valence-corrected chi connectivity index (χ3v) is 5.03. The van der Waals surface area contributed by atoms with E-state index in [2.05, 4.69) is 24.0 Å². The second-order valence-corrected chi connectivity index (χ2v) is 7.10. The Morgan fingerprint density at radius 2 is 1.70 bits per heavy atom. The molecule has 0 atom stereocenters. The lowest BCUT2D eigenvalue weighted by Crippen LogP contribution is -3.00. The Morgan fingerprint density at radius 3 is 2.22 bits per heavy atom. The van der Waals surface area contributed by atoms with Crippen LogP contribution in [0, 0.1) is 5.92 Å². The molecule has 23 heavy (non-hydrogen) atoms. The van der Waals surface area contributed by atoms with Crippen LogP contribution in [-0.4, -0.2) is 31.3 Å². The van der Waals surface area contributed by atoms with Crippen molar-refractivity contribution in [3.05, 3.63) is 35.4 Å². The van der Waals surface area contributed by atoms with E-state index in [-0.39, 0.29) is 18.2 Å². The maximum absolute atomic E-state index is 12.1. The Bertz CT molecular complexity index is 461. The zero-order chi connectivity index (χ0) is 15.9. The number of hydrogen-bond donors (Lipinski definition) is 0. The van der Waals surface area contributed by atoms with E-state index >= 15 is 0 Å². The second-order valence-electron chi connectivity index (χ2n) is 7.10. The molecule has 0 saturated heterocycles. The Hall–Kier alpha value is -0.860. The highest BCUT2D eigenvalue weighted by molar-refractivity contribution is 5.96. The summed E-state index contributed by atoms with van der Waals surface area (Å²) >= 11 is 0. The maximum atomic E-state index is 12.1. The Kier molecular flexibility index (Phi) is 8.86. The van der Waals surface area contributed by atoms with Crippen molar-refractivity contribution in [3.8, 4) is 0 Å². The Labute approximate surface area is 148 Å². The van der Waals surface area contributed by atoms with Gasteiger partial charge in [0.05, 0.1) is 0 Å². The minimum Gasteiger partial charge on any atom is -1.00 e. The summed E-state index contributed by atoms with van der Waals surface area (Å²) < 4.78 is 0. The summed E-state index contributed by atoms with van der Waals surface area (Å²) in [5.41, 5.74) is 2.30. The molecule has 3 heteroatoms. The number of ketones is 1. The van der Waals surface area contributed by atoms with Crippen molar-refractivity contribution in [2.45, 2.75) is 57.8 Å². The van der Waals surface area contributed by atoms with Gasteiger partial charge in [0.2, 0.25) is 0 Å². The number of hydrogen-bond acceptors (Lipinski definition) is 2. The summed E-state index contributed by atoms with van der Waals surface area (Å²) in [6.07, 6.45) is 8.71. The first kappa shape index (κ1) is 20.2. The van der Waals surface area contributed by atoms with Crippen LogP contribution >= 0.6 is 0 Å². The molecular formula is C20H31ClNO-. The molecule has 1 aliphatic rings. The number of carbonyl (C=O) groups is 1. The molecule has 2 nitrogen and oxygen atoms in total. The number of nitrogens with zero attached hydrogens (tertiary/aromatic N) is 1. The van der Waals surface area contributed by atoms with Crippen molar-refractivity contribution in [2.75, 3.05) is 20.6 Å². The van der Waals surface area contributed by atoms with Gasteiger partial charge in [0.1, 0.15) is 0 Å². The lowest BCUT2D eigenvalue weighted by atomic mass is 9.77. The molecule has 0 N–H and O–H groups in total. The molecule has 0 unspecified atom stereocenters. The molecule has 130 valence electrons. The molecule has 0 amide bonds. The first-order valence-electron chi connectivity index (χ1n) is 8.88. The summed E-state index contributed by atoms with van der Waals surface area (Å²) in [5, 5.41) is 0. The molecule has 0 heterocycles. The Morgan fingerprint density at radius 1 is 1.09 bits per heavy atom. The van der Waals surface area contributed by atoms with Gasteiger partial charge in [-0.15, -0.1) is 0 Å². The van der Waals surface area contributed by atoms with Crippen molar-refractivity contribution in [3.63, 3.8) is 0 Å². The molecule has 0 radical (unpaired) electrons. The van der Waals surface area contributed by atoms with E-state index in [4.69, 9.17) is 0 Å². The highest BCUT2D eigenvalue weighted by Crippen LogP contribution is 2.37. The largest absolute Gasteiger partial charge is 1.00 e. The van der Waals surface area contributed by atoms with E-state index in [0.717, 1.165) is 18.0 Å². The molecule has 1 aromatic carbocycles. The highest BCUT2D eigenvalue weighted by Gasteiger charge is 2.21. The van der Waals surface area contributed by atoms with Crippen LogP contribution in [0.5, 0.6) is 0 Å². The van der Waals surface area contributed by atoms with Crippen LogP contribution in [0.25, 0.3) is 0 Å². The van der Waals surface area contributed by atoms with Gasteiger partial charge in [0.15, 0.2) is 5.78 Å². The van der Waals surface area contributed by atoms with Crippen LogP contribution in [0.3, 0.4) is 0 Å². The summed E-state index contributed by atoms with van der Waals surface area (Å²) in [6.45, 7) is 3.11. The predicted molar refractivity (Wildman–Crippen MR) is 93.6 cm³/mol. The van der Waals surface area contributed by atoms with Crippen molar-refractivity contribution in [2.24, 2.45) is 5.92 Å². The molecule has 1 aliphatic carbocycles. The minimum atomic E-state index is 0. The fraction of sp³-hybridized carbons (Fsp3) is 0.650. The van der Waals surface area contributed by atoms with Crippen LogP contribution in [-0.2, 0) is 0 Å². The number of benzene rings is 1. The Balaban J connectivity index is 0.00000264. The molecule has 0 aliphatic heterocycles. The quantitative estimate of drug-likeness (QED) is 0.709. The highest BCUT2D eigenvalue weighted by atomic mass is 35.5. The lowest BCUT2D eigenvalue weighted by Gasteiger charge is -2.28. The normalized spacial score (nSPS) is 21.0. The first-order chi connectivity index (χ1) is 10.6. The van der Waals surface area contributed by atoms with Gasteiger partial charge in [-0.3, -0.25) is 4.79 Å². The first-order valence-corrected chi connectivity index (χ1v) is 8.88. The van der Waals surface area contributed by atoms with Crippen LogP contribution in [0.2, 0.25) is 0 Å². The van der Waals surface area contributed by atoms with Crippen molar-refractivity contribution < 1.29 is 17.2 Å². The zero-order valence-electron chi connectivity index (χ0n) is 14.9.